The van der Waals surface area contributed by atoms with E-state index in [9.17, 15) is 0 Å². The van der Waals surface area contributed by atoms with Crippen LogP contribution in [-0.4, -0.2) is 12.3 Å². The third-order valence-corrected chi connectivity index (χ3v) is 3.68. The zero-order chi connectivity index (χ0) is 14.8. The predicted molar refractivity (Wildman–Crippen MR) is 86.0 cm³/mol. The maximum atomic E-state index is 5.98. The van der Waals surface area contributed by atoms with E-state index < -0.39 is 0 Å². The molecule has 0 radical (unpaired) electrons. The van der Waals surface area contributed by atoms with Gasteiger partial charge in [-0.05, 0) is 23.8 Å². The normalized spacial score (nSPS) is 10.6. The summed E-state index contributed by atoms with van der Waals surface area (Å²) >= 11 is 3.43. The number of benzene rings is 2. The lowest BCUT2D eigenvalue weighted by molar-refractivity contribution is 0.407. The summed E-state index contributed by atoms with van der Waals surface area (Å²) < 4.78 is 11.8. The molecular weight excluding hydrogens is 332 g/mol. The Kier molecular flexibility index (Phi) is 3.66. The zero-order valence-corrected chi connectivity index (χ0v) is 12.9. The molecule has 0 saturated carbocycles. The molecule has 4 nitrogen and oxygen atoms in total. The third kappa shape index (κ3) is 2.52. The van der Waals surface area contributed by atoms with Crippen LogP contribution in [0, 0.1) is 0 Å². The molecule has 0 aliphatic rings. The predicted octanol–water partition coefficient (Wildman–Crippen LogP) is 4.36. The molecule has 3 rings (SSSR count). The maximum absolute atomic E-state index is 5.98. The van der Waals surface area contributed by atoms with E-state index in [1.165, 1.54) is 0 Å². The number of anilines is 1. The number of methoxy groups -OCH3 is 1. The lowest BCUT2D eigenvalue weighted by atomic mass is 10.0. The Balaban J connectivity index is 2.21. The zero-order valence-electron chi connectivity index (χ0n) is 11.3. The van der Waals surface area contributed by atoms with Gasteiger partial charge in [-0.25, -0.2) is 0 Å². The molecule has 2 aromatic carbocycles. The number of nitrogens with zero attached hydrogens (tertiary/aromatic N) is 1. The van der Waals surface area contributed by atoms with Crippen LogP contribution in [0.3, 0.4) is 0 Å². The Labute approximate surface area is 130 Å². The molecule has 0 fully saturated rings. The van der Waals surface area contributed by atoms with Crippen molar-refractivity contribution in [3.63, 3.8) is 0 Å². The van der Waals surface area contributed by atoms with Crippen LogP contribution in [0.4, 0.5) is 5.82 Å². The van der Waals surface area contributed by atoms with Crippen molar-refractivity contribution in [1.29, 1.82) is 0 Å². The topological polar surface area (TPSA) is 61.3 Å². The van der Waals surface area contributed by atoms with E-state index in [1.807, 2.05) is 48.5 Å². The Morgan fingerprint density at radius 3 is 2.62 bits per heavy atom. The van der Waals surface area contributed by atoms with Gasteiger partial charge in [-0.3, -0.25) is 0 Å². The van der Waals surface area contributed by atoms with Crippen molar-refractivity contribution in [2.45, 2.75) is 0 Å². The first-order valence-corrected chi connectivity index (χ1v) is 7.14. The first-order valence-electron chi connectivity index (χ1n) is 6.35. The number of halogens is 1. The second-order valence-corrected chi connectivity index (χ2v) is 5.40. The minimum Gasteiger partial charge on any atom is -0.496 e. The summed E-state index contributed by atoms with van der Waals surface area (Å²) in [5.74, 6) is 1.65. The van der Waals surface area contributed by atoms with E-state index in [1.54, 1.807) is 7.11 Å². The number of hydrogen-bond donors (Lipinski definition) is 1. The number of aromatic nitrogens is 1. The van der Waals surface area contributed by atoms with Crippen LogP contribution in [0.2, 0.25) is 0 Å². The van der Waals surface area contributed by atoms with E-state index in [0.717, 1.165) is 21.2 Å². The van der Waals surface area contributed by atoms with Gasteiger partial charge in [-0.1, -0.05) is 51.4 Å². The molecule has 0 aliphatic heterocycles. The first-order chi connectivity index (χ1) is 10.2. The van der Waals surface area contributed by atoms with Crippen LogP contribution in [0.5, 0.6) is 5.75 Å². The van der Waals surface area contributed by atoms with E-state index >= 15 is 0 Å². The van der Waals surface area contributed by atoms with Gasteiger partial charge >= 0.3 is 0 Å². The molecule has 1 aromatic heterocycles. The van der Waals surface area contributed by atoms with Crippen molar-refractivity contribution in [1.82, 2.24) is 5.16 Å². The summed E-state index contributed by atoms with van der Waals surface area (Å²) in [6, 6.07) is 15.5. The average molecular weight is 345 g/mol. The molecule has 0 aliphatic carbocycles. The van der Waals surface area contributed by atoms with Gasteiger partial charge in [0.15, 0.2) is 11.6 Å². The quantitative estimate of drug-likeness (QED) is 0.766. The molecule has 3 aromatic rings. The van der Waals surface area contributed by atoms with Gasteiger partial charge in [-0.15, -0.1) is 0 Å². The van der Waals surface area contributed by atoms with E-state index in [4.69, 9.17) is 15.0 Å². The highest BCUT2D eigenvalue weighted by molar-refractivity contribution is 9.10. The molecule has 0 amide bonds. The van der Waals surface area contributed by atoms with Crippen molar-refractivity contribution in [2.75, 3.05) is 12.8 Å². The molecule has 21 heavy (non-hydrogen) atoms. The van der Waals surface area contributed by atoms with Crippen LogP contribution >= 0.6 is 15.9 Å². The summed E-state index contributed by atoms with van der Waals surface area (Å²) in [4.78, 5) is 0. The van der Waals surface area contributed by atoms with Crippen LogP contribution in [0.25, 0.3) is 22.5 Å². The highest BCUT2D eigenvalue weighted by atomic mass is 79.9. The average Bonchev–Trinajstić information content (AvgIpc) is 2.89. The van der Waals surface area contributed by atoms with Gasteiger partial charge in [0.05, 0.1) is 18.2 Å². The first kappa shape index (κ1) is 13.7. The Hall–Kier alpha value is -2.27. The molecule has 2 N–H and O–H groups in total. The van der Waals surface area contributed by atoms with Gasteiger partial charge in [0.2, 0.25) is 0 Å². The number of nitrogen functional groups attached to an aromatic ring is 1. The van der Waals surface area contributed by atoms with Crippen LogP contribution in [0.15, 0.2) is 57.5 Å². The SMILES string of the molecule is COc1cc(Br)ccc1-c1onc(N)c1-c1ccccc1. The van der Waals surface area contributed by atoms with E-state index in [0.29, 0.717) is 17.3 Å². The van der Waals surface area contributed by atoms with Crippen molar-refractivity contribution in [2.24, 2.45) is 0 Å². The fourth-order valence-corrected chi connectivity index (χ4v) is 2.56. The fraction of sp³-hybridized carbons (Fsp3) is 0.0625. The second-order valence-electron chi connectivity index (χ2n) is 4.48. The van der Waals surface area contributed by atoms with Gasteiger partial charge in [0.25, 0.3) is 0 Å². The molecule has 0 unspecified atom stereocenters. The molecule has 5 heteroatoms. The van der Waals surface area contributed by atoms with E-state index in [2.05, 4.69) is 21.1 Å². The van der Waals surface area contributed by atoms with Gasteiger partial charge in [0, 0.05) is 4.47 Å². The smallest absolute Gasteiger partial charge is 0.180 e. The van der Waals surface area contributed by atoms with Gasteiger partial charge in [-0.2, -0.15) is 0 Å². The number of hydrogen-bond acceptors (Lipinski definition) is 4. The lowest BCUT2D eigenvalue weighted by Gasteiger charge is -2.08. The fourth-order valence-electron chi connectivity index (χ4n) is 2.22. The third-order valence-electron chi connectivity index (χ3n) is 3.19. The molecule has 106 valence electrons. The Bertz CT molecular complexity index is 769. The van der Waals surface area contributed by atoms with E-state index in [-0.39, 0.29) is 0 Å². The number of ether oxygens (including phenoxy) is 1. The minimum atomic E-state index is 0.362. The van der Waals surface area contributed by atoms with Crippen molar-refractivity contribution in [3.8, 4) is 28.2 Å². The molecule has 0 atom stereocenters. The van der Waals surface area contributed by atoms with Crippen molar-refractivity contribution >= 4 is 21.7 Å². The molecule has 1 heterocycles. The summed E-state index contributed by atoms with van der Waals surface area (Å²) in [7, 11) is 1.62. The standard InChI is InChI=1S/C16H13BrN2O2/c1-20-13-9-11(17)7-8-12(13)15-14(16(18)19-21-15)10-5-3-2-4-6-10/h2-9H,1H3,(H2,18,19). The monoisotopic (exact) mass is 344 g/mol. The highest BCUT2D eigenvalue weighted by Crippen LogP contribution is 2.41. The number of nitrogens with two attached hydrogens (primary N) is 1. The van der Waals surface area contributed by atoms with Crippen LogP contribution in [-0.2, 0) is 0 Å². The number of rotatable bonds is 3. The highest BCUT2D eigenvalue weighted by Gasteiger charge is 2.20. The van der Waals surface area contributed by atoms with Crippen LogP contribution < -0.4 is 10.5 Å². The van der Waals surface area contributed by atoms with Gasteiger partial charge in [0.1, 0.15) is 5.75 Å². The largest absolute Gasteiger partial charge is 0.496 e. The van der Waals surface area contributed by atoms with Crippen molar-refractivity contribution in [3.05, 3.63) is 53.0 Å². The molecule has 0 bridgehead atoms. The summed E-state index contributed by atoms with van der Waals surface area (Å²) in [6.07, 6.45) is 0. The Morgan fingerprint density at radius 1 is 1.14 bits per heavy atom. The second kappa shape index (κ2) is 5.61. The lowest BCUT2D eigenvalue weighted by Crippen LogP contribution is -1.91. The molecular formula is C16H13BrN2O2. The van der Waals surface area contributed by atoms with Gasteiger partial charge < -0.3 is 15.0 Å². The summed E-state index contributed by atoms with van der Waals surface area (Å²) in [5, 5.41) is 3.90. The van der Waals surface area contributed by atoms with Crippen LogP contribution in [0.1, 0.15) is 0 Å². The maximum Gasteiger partial charge on any atom is 0.180 e. The summed E-state index contributed by atoms with van der Waals surface area (Å²) in [6.45, 7) is 0. The molecule has 0 spiro atoms. The molecule has 0 saturated heterocycles. The Morgan fingerprint density at radius 2 is 1.90 bits per heavy atom. The summed E-state index contributed by atoms with van der Waals surface area (Å²) in [5.41, 5.74) is 8.52. The van der Waals surface area contributed by atoms with Crippen molar-refractivity contribution < 1.29 is 9.26 Å². The minimum absolute atomic E-state index is 0.362.